The average molecular weight is 375 g/mol. The van der Waals surface area contributed by atoms with Crippen molar-refractivity contribution in [2.45, 2.75) is 12.8 Å². The van der Waals surface area contributed by atoms with Gasteiger partial charge >= 0.3 is 0 Å². The van der Waals surface area contributed by atoms with Crippen molar-refractivity contribution in [2.24, 2.45) is 5.73 Å². The lowest BCUT2D eigenvalue weighted by Crippen LogP contribution is -2.21. The normalized spacial score (nSPS) is 15.5. The third-order valence-electron chi connectivity index (χ3n) is 4.48. The second kappa shape index (κ2) is 6.96. The molecule has 0 amide bonds. The van der Waals surface area contributed by atoms with Crippen LogP contribution in [0.15, 0.2) is 54.1 Å². The summed E-state index contributed by atoms with van der Waals surface area (Å²) in [5.41, 5.74) is 8.89. The van der Waals surface area contributed by atoms with Crippen molar-refractivity contribution in [2.75, 3.05) is 6.61 Å². The number of nitrogens with zero attached hydrogens (tertiary/aromatic N) is 3. The fraction of sp³-hybridized carbons (Fsp3) is 0.150. The first-order chi connectivity index (χ1) is 13.6. The summed E-state index contributed by atoms with van der Waals surface area (Å²) in [5, 5.41) is 26.9. The highest BCUT2D eigenvalue weighted by atomic mass is 16.5. The molecular weight excluding hydrogens is 358 g/mol. The maximum absolute atomic E-state index is 10.0. The van der Waals surface area contributed by atoms with E-state index in [2.05, 4.69) is 21.3 Å². The molecule has 0 radical (unpaired) electrons. The van der Waals surface area contributed by atoms with Gasteiger partial charge in [-0.1, -0.05) is 12.1 Å². The third-order valence-corrected chi connectivity index (χ3v) is 4.48. The second-order valence-electron chi connectivity index (χ2n) is 6.12. The van der Waals surface area contributed by atoms with Gasteiger partial charge in [0.15, 0.2) is 11.5 Å². The Bertz CT molecular complexity index is 1100. The van der Waals surface area contributed by atoms with Crippen molar-refractivity contribution in [3.63, 3.8) is 0 Å². The lowest BCUT2D eigenvalue weighted by Gasteiger charge is -2.24. The van der Waals surface area contributed by atoms with Crippen LogP contribution in [0.5, 0.6) is 17.4 Å². The van der Waals surface area contributed by atoms with Gasteiger partial charge in [0.05, 0.1) is 29.5 Å². The number of pyridine rings is 1. The van der Waals surface area contributed by atoms with Crippen molar-refractivity contribution in [1.29, 1.82) is 5.26 Å². The van der Waals surface area contributed by atoms with Crippen molar-refractivity contribution in [3.8, 4) is 34.8 Å². The third kappa shape index (κ3) is 2.79. The van der Waals surface area contributed by atoms with Crippen LogP contribution in [0, 0.1) is 11.3 Å². The highest BCUT2D eigenvalue weighted by Crippen LogP contribution is 2.46. The fourth-order valence-electron chi connectivity index (χ4n) is 3.27. The molecule has 140 valence electrons. The highest BCUT2D eigenvalue weighted by molar-refractivity contribution is 5.68. The predicted octanol–water partition coefficient (Wildman–Crippen LogP) is 2.79. The van der Waals surface area contributed by atoms with E-state index in [-0.39, 0.29) is 23.1 Å². The highest BCUT2D eigenvalue weighted by Gasteiger charge is 2.36. The van der Waals surface area contributed by atoms with Gasteiger partial charge in [0.1, 0.15) is 11.6 Å². The maximum Gasteiger partial charge on any atom is 0.244 e. The van der Waals surface area contributed by atoms with Gasteiger partial charge in [-0.05, 0) is 36.8 Å². The Balaban J connectivity index is 1.93. The number of phenols is 1. The summed E-state index contributed by atoms with van der Waals surface area (Å²) in [6.07, 6.45) is 1.67. The second-order valence-corrected chi connectivity index (χ2v) is 6.12. The smallest absolute Gasteiger partial charge is 0.244 e. The summed E-state index contributed by atoms with van der Waals surface area (Å²) < 4.78 is 11.1. The number of H-pyrrole nitrogens is 1. The SMILES string of the molecule is CCOc1cc(C2C(C#N)=C(N)Oc3n[nH]c(-c4ccccn4)c32)ccc1O. The first-order valence-electron chi connectivity index (χ1n) is 8.67. The zero-order chi connectivity index (χ0) is 19.7. The van der Waals surface area contributed by atoms with Crippen LogP contribution in [-0.2, 0) is 0 Å². The predicted molar refractivity (Wildman–Crippen MR) is 100 cm³/mol. The van der Waals surface area contributed by atoms with Crippen LogP contribution in [0.1, 0.15) is 24.0 Å². The van der Waals surface area contributed by atoms with Crippen LogP contribution in [0.25, 0.3) is 11.4 Å². The van der Waals surface area contributed by atoms with E-state index in [9.17, 15) is 10.4 Å². The van der Waals surface area contributed by atoms with Crippen molar-refractivity contribution >= 4 is 0 Å². The van der Waals surface area contributed by atoms with Gasteiger partial charge in [-0.25, -0.2) is 0 Å². The molecule has 3 aromatic rings. The minimum atomic E-state index is -0.552. The molecule has 0 saturated carbocycles. The Hall–Kier alpha value is -3.99. The van der Waals surface area contributed by atoms with Crippen molar-refractivity contribution < 1.29 is 14.6 Å². The van der Waals surface area contributed by atoms with Gasteiger partial charge in [-0.3, -0.25) is 10.1 Å². The number of aromatic nitrogens is 3. The zero-order valence-corrected chi connectivity index (χ0v) is 15.0. The Morgan fingerprint density at radius 1 is 1.36 bits per heavy atom. The molecule has 8 heteroatoms. The van der Waals surface area contributed by atoms with Gasteiger partial charge in [0.2, 0.25) is 11.8 Å². The standard InChI is InChI=1S/C20H17N5O3/c1-2-27-15-9-11(6-7-14(15)26)16-12(10-21)19(22)28-20-17(16)18(24-25-20)13-5-3-4-8-23-13/h3-9,16,26H,2,22H2,1H3,(H,24,25). The summed E-state index contributed by atoms with van der Waals surface area (Å²) >= 11 is 0. The monoisotopic (exact) mass is 375 g/mol. The Morgan fingerprint density at radius 3 is 2.93 bits per heavy atom. The number of hydrogen-bond donors (Lipinski definition) is 3. The molecule has 8 nitrogen and oxygen atoms in total. The molecule has 0 aliphatic carbocycles. The van der Waals surface area contributed by atoms with Gasteiger partial charge < -0.3 is 20.3 Å². The number of aromatic amines is 1. The number of allylic oxidation sites excluding steroid dienone is 1. The van der Waals surface area contributed by atoms with E-state index in [4.69, 9.17) is 15.2 Å². The summed E-state index contributed by atoms with van der Waals surface area (Å²) in [4.78, 5) is 4.37. The summed E-state index contributed by atoms with van der Waals surface area (Å²) in [7, 11) is 0. The number of nitriles is 1. The molecule has 1 unspecified atom stereocenters. The van der Waals surface area contributed by atoms with Crippen molar-refractivity contribution in [1.82, 2.24) is 15.2 Å². The van der Waals surface area contributed by atoms with E-state index in [1.54, 1.807) is 18.3 Å². The summed E-state index contributed by atoms with van der Waals surface area (Å²) in [5.74, 6) is 0.0693. The zero-order valence-electron chi connectivity index (χ0n) is 15.0. The molecule has 1 aliphatic rings. The molecule has 0 bridgehead atoms. The molecular formula is C20H17N5O3. The molecule has 1 aromatic carbocycles. The van der Waals surface area contributed by atoms with Gasteiger partial charge in [0.25, 0.3) is 0 Å². The molecule has 3 heterocycles. The van der Waals surface area contributed by atoms with Crippen LogP contribution in [-0.4, -0.2) is 26.9 Å². The van der Waals surface area contributed by atoms with Crippen LogP contribution in [0.2, 0.25) is 0 Å². The van der Waals surface area contributed by atoms with E-state index >= 15 is 0 Å². The lowest BCUT2D eigenvalue weighted by molar-refractivity contribution is 0.317. The quantitative estimate of drug-likeness (QED) is 0.639. The van der Waals surface area contributed by atoms with E-state index in [1.807, 2.05) is 25.1 Å². The molecule has 28 heavy (non-hydrogen) atoms. The number of ether oxygens (including phenoxy) is 2. The largest absolute Gasteiger partial charge is 0.504 e. The van der Waals surface area contributed by atoms with Crippen molar-refractivity contribution in [3.05, 3.63) is 65.2 Å². The number of nitrogens with two attached hydrogens (primary N) is 1. The Labute approximate surface area is 160 Å². The molecule has 2 aromatic heterocycles. The number of hydrogen-bond acceptors (Lipinski definition) is 7. The number of rotatable bonds is 4. The van der Waals surface area contributed by atoms with Crippen LogP contribution in [0.4, 0.5) is 0 Å². The number of nitrogens with one attached hydrogen (secondary N) is 1. The Kier molecular flexibility index (Phi) is 4.33. The lowest BCUT2D eigenvalue weighted by atomic mass is 9.83. The topological polar surface area (TPSA) is 130 Å². The fourth-order valence-corrected chi connectivity index (χ4v) is 3.27. The van der Waals surface area contributed by atoms with Crippen LogP contribution >= 0.6 is 0 Å². The average Bonchev–Trinajstić information content (AvgIpc) is 3.13. The van der Waals surface area contributed by atoms with Crippen LogP contribution < -0.4 is 15.2 Å². The summed E-state index contributed by atoms with van der Waals surface area (Å²) in [6, 6.07) is 12.6. The number of benzene rings is 1. The maximum atomic E-state index is 10.0. The van der Waals surface area contributed by atoms with E-state index in [0.29, 0.717) is 34.9 Å². The molecule has 4 rings (SSSR count). The summed E-state index contributed by atoms with van der Waals surface area (Å²) in [6.45, 7) is 2.22. The number of aromatic hydroxyl groups is 1. The van der Waals surface area contributed by atoms with Crippen LogP contribution in [0.3, 0.4) is 0 Å². The Morgan fingerprint density at radius 2 is 2.21 bits per heavy atom. The molecule has 4 N–H and O–H groups in total. The number of fused-ring (bicyclic) bond motifs is 1. The van der Waals surface area contributed by atoms with E-state index in [0.717, 1.165) is 0 Å². The number of phenolic OH excluding ortho intramolecular Hbond substituents is 1. The van der Waals surface area contributed by atoms with Gasteiger partial charge in [0, 0.05) is 6.20 Å². The molecule has 1 atom stereocenters. The molecule has 0 fully saturated rings. The molecule has 0 spiro atoms. The molecule has 1 aliphatic heterocycles. The van der Waals surface area contributed by atoms with Gasteiger partial charge in [-0.15, -0.1) is 5.10 Å². The first kappa shape index (κ1) is 17.4. The van der Waals surface area contributed by atoms with E-state index < -0.39 is 5.92 Å². The minimum Gasteiger partial charge on any atom is -0.504 e. The first-order valence-corrected chi connectivity index (χ1v) is 8.67. The van der Waals surface area contributed by atoms with E-state index in [1.165, 1.54) is 6.07 Å². The van der Waals surface area contributed by atoms with Gasteiger partial charge in [-0.2, -0.15) is 5.26 Å². The molecule has 0 saturated heterocycles. The minimum absolute atomic E-state index is 0.00916.